The van der Waals surface area contributed by atoms with E-state index in [0.29, 0.717) is 10.9 Å². The summed E-state index contributed by atoms with van der Waals surface area (Å²) in [7, 11) is 0. The van der Waals surface area contributed by atoms with Crippen molar-refractivity contribution in [3.8, 4) is 11.5 Å². The lowest BCUT2D eigenvalue weighted by Crippen LogP contribution is -1.97. The predicted octanol–water partition coefficient (Wildman–Crippen LogP) is 1.67. The van der Waals surface area contributed by atoms with E-state index in [9.17, 15) is 15.0 Å². The van der Waals surface area contributed by atoms with E-state index in [1.165, 1.54) is 18.2 Å². The Morgan fingerprint density at radius 3 is 2.40 bits per heavy atom. The van der Waals surface area contributed by atoms with Crippen LogP contribution in [0.3, 0.4) is 0 Å². The lowest BCUT2D eigenvalue weighted by atomic mass is 10.1. The van der Waals surface area contributed by atoms with Crippen LogP contribution in [-0.4, -0.2) is 10.2 Å². The molecular formula is C10H11NO4. The fourth-order valence-electron chi connectivity index (χ4n) is 1.34. The summed E-state index contributed by atoms with van der Waals surface area (Å²) in [6.45, 7) is 1.73. The first-order valence-electron chi connectivity index (χ1n) is 4.04. The van der Waals surface area contributed by atoms with Gasteiger partial charge in [-0.15, -0.1) is 0 Å². The van der Waals surface area contributed by atoms with Gasteiger partial charge in [0.2, 0.25) is 0 Å². The molecule has 0 amide bonds. The molecule has 5 N–H and O–H groups in total. The maximum atomic E-state index is 11.0. The van der Waals surface area contributed by atoms with Gasteiger partial charge in [-0.3, -0.25) is 0 Å². The minimum Gasteiger partial charge on any atom is -0.504 e. The summed E-state index contributed by atoms with van der Waals surface area (Å²) in [5.41, 5.74) is 0.497. The molecule has 0 bridgehead atoms. The molecule has 5 nitrogen and oxygen atoms in total. The van der Waals surface area contributed by atoms with Gasteiger partial charge < -0.3 is 20.8 Å². The van der Waals surface area contributed by atoms with Crippen LogP contribution in [0.4, 0.5) is 0 Å². The number of fused-ring (bicyclic) bond motifs is 1. The van der Waals surface area contributed by atoms with Gasteiger partial charge in [-0.1, -0.05) is 0 Å². The zero-order chi connectivity index (χ0) is 10.3. The second-order valence-electron chi connectivity index (χ2n) is 3.09. The average molecular weight is 209 g/mol. The van der Waals surface area contributed by atoms with Gasteiger partial charge >= 0.3 is 5.63 Å². The van der Waals surface area contributed by atoms with Crippen LogP contribution < -0.4 is 11.8 Å². The van der Waals surface area contributed by atoms with Crippen molar-refractivity contribution in [3.05, 3.63) is 34.2 Å². The van der Waals surface area contributed by atoms with E-state index in [1.54, 1.807) is 6.92 Å². The minimum absolute atomic E-state index is 0. The lowest BCUT2D eigenvalue weighted by molar-refractivity contribution is 0.403. The number of hydrogen-bond donors (Lipinski definition) is 3. The number of phenols is 2. The molecule has 0 fully saturated rings. The highest BCUT2D eigenvalue weighted by Gasteiger charge is 2.06. The summed E-state index contributed by atoms with van der Waals surface area (Å²) < 4.78 is 4.85. The first-order chi connectivity index (χ1) is 6.58. The fourth-order valence-corrected chi connectivity index (χ4v) is 1.34. The van der Waals surface area contributed by atoms with Crippen LogP contribution in [0.2, 0.25) is 0 Å². The first-order valence-corrected chi connectivity index (χ1v) is 4.04. The predicted molar refractivity (Wildman–Crippen MR) is 55.6 cm³/mol. The molecule has 0 aliphatic heterocycles. The molecule has 0 radical (unpaired) electrons. The highest BCUT2D eigenvalue weighted by Crippen LogP contribution is 2.30. The standard InChI is InChI=1S/C10H8O4.H3N/c1-5-2-10(13)14-9-4-8(12)7(11)3-6(5)9;/h2-4,11-12H,1H3;1H3. The summed E-state index contributed by atoms with van der Waals surface area (Å²) in [6, 6.07) is 3.92. The van der Waals surface area contributed by atoms with Crippen LogP contribution in [-0.2, 0) is 0 Å². The number of aromatic hydroxyl groups is 2. The van der Waals surface area contributed by atoms with E-state index in [1.807, 2.05) is 0 Å². The molecule has 5 heteroatoms. The molecular weight excluding hydrogens is 198 g/mol. The number of aryl methyl sites for hydroxylation is 1. The molecule has 0 saturated carbocycles. The quantitative estimate of drug-likeness (QED) is 0.452. The second-order valence-corrected chi connectivity index (χ2v) is 3.09. The zero-order valence-corrected chi connectivity index (χ0v) is 8.15. The Kier molecular flexibility index (Phi) is 2.67. The Hall–Kier alpha value is -2.01. The van der Waals surface area contributed by atoms with Crippen molar-refractivity contribution >= 4 is 11.0 Å². The Morgan fingerprint density at radius 2 is 1.73 bits per heavy atom. The van der Waals surface area contributed by atoms with Crippen LogP contribution in [0.1, 0.15) is 5.56 Å². The smallest absolute Gasteiger partial charge is 0.336 e. The summed E-state index contributed by atoms with van der Waals surface area (Å²) in [4.78, 5) is 11.0. The summed E-state index contributed by atoms with van der Waals surface area (Å²) in [5, 5.41) is 19.0. The third-order valence-corrected chi connectivity index (χ3v) is 2.05. The molecule has 0 aliphatic carbocycles. The highest BCUT2D eigenvalue weighted by molar-refractivity contribution is 5.83. The minimum atomic E-state index is -0.472. The van der Waals surface area contributed by atoms with Gasteiger partial charge in [0.1, 0.15) is 5.58 Å². The lowest BCUT2D eigenvalue weighted by Gasteiger charge is -2.02. The summed E-state index contributed by atoms with van der Waals surface area (Å²) in [5.74, 6) is -0.527. The third-order valence-electron chi connectivity index (χ3n) is 2.05. The third kappa shape index (κ3) is 1.77. The molecule has 0 atom stereocenters. The van der Waals surface area contributed by atoms with Crippen molar-refractivity contribution in [2.75, 3.05) is 0 Å². The molecule has 1 aromatic carbocycles. The van der Waals surface area contributed by atoms with Crippen molar-refractivity contribution in [2.24, 2.45) is 0 Å². The van der Waals surface area contributed by atoms with Crippen molar-refractivity contribution in [2.45, 2.75) is 6.92 Å². The molecule has 2 rings (SSSR count). The van der Waals surface area contributed by atoms with Crippen LogP contribution in [0.5, 0.6) is 11.5 Å². The van der Waals surface area contributed by atoms with E-state index in [-0.39, 0.29) is 23.2 Å². The number of phenolic OH excluding ortho intramolecular Hbond substituents is 2. The largest absolute Gasteiger partial charge is 0.504 e. The zero-order valence-electron chi connectivity index (χ0n) is 8.15. The van der Waals surface area contributed by atoms with Crippen molar-refractivity contribution in [3.63, 3.8) is 0 Å². The normalized spacial score (nSPS) is 9.93. The topological polar surface area (TPSA) is 106 Å². The van der Waals surface area contributed by atoms with Crippen LogP contribution in [0.25, 0.3) is 11.0 Å². The Balaban J connectivity index is 0.00000112. The molecule has 0 unspecified atom stereocenters. The molecule has 0 spiro atoms. The molecule has 2 aromatic rings. The van der Waals surface area contributed by atoms with Gasteiger partial charge in [-0.25, -0.2) is 4.79 Å². The Labute approximate surface area is 85.2 Å². The van der Waals surface area contributed by atoms with E-state index >= 15 is 0 Å². The first kappa shape index (κ1) is 11.1. The molecule has 1 heterocycles. The van der Waals surface area contributed by atoms with Crippen LogP contribution in [0.15, 0.2) is 27.4 Å². The van der Waals surface area contributed by atoms with E-state index < -0.39 is 5.63 Å². The molecule has 1 aromatic heterocycles. The fraction of sp³-hybridized carbons (Fsp3) is 0.100. The summed E-state index contributed by atoms with van der Waals surface area (Å²) in [6.07, 6.45) is 0. The van der Waals surface area contributed by atoms with E-state index in [0.717, 1.165) is 0 Å². The Bertz CT molecular complexity index is 559. The van der Waals surface area contributed by atoms with Gasteiger partial charge in [-0.2, -0.15) is 0 Å². The number of hydrogen-bond acceptors (Lipinski definition) is 5. The molecule has 80 valence electrons. The van der Waals surface area contributed by atoms with Crippen molar-refractivity contribution in [1.82, 2.24) is 6.15 Å². The molecule has 0 aliphatic rings. The summed E-state index contributed by atoms with van der Waals surface area (Å²) >= 11 is 0. The van der Waals surface area contributed by atoms with Gasteiger partial charge in [-0.05, 0) is 18.6 Å². The van der Waals surface area contributed by atoms with Crippen molar-refractivity contribution in [1.29, 1.82) is 0 Å². The van der Waals surface area contributed by atoms with Crippen LogP contribution in [0, 0.1) is 6.92 Å². The van der Waals surface area contributed by atoms with E-state index in [2.05, 4.69) is 0 Å². The molecule has 0 saturated heterocycles. The van der Waals surface area contributed by atoms with Crippen LogP contribution >= 0.6 is 0 Å². The second kappa shape index (κ2) is 3.62. The van der Waals surface area contributed by atoms with Gasteiger partial charge in [0, 0.05) is 17.5 Å². The number of benzene rings is 1. The highest BCUT2D eigenvalue weighted by atomic mass is 16.4. The monoisotopic (exact) mass is 209 g/mol. The van der Waals surface area contributed by atoms with Gasteiger partial charge in [0.25, 0.3) is 0 Å². The van der Waals surface area contributed by atoms with E-state index in [4.69, 9.17) is 4.42 Å². The SMILES string of the molecule is Cc1cc(=O)oc2cc(O)c(O)cc12.N. The van der Waals surface area contributed by atoms with Gasteiger partial charge in [0.15, 0.2) is 11.5 Å². The van der Waals surface area contributed by atoms with Gasteiger partial charge in [0.05, 0.1) is 0 Å². The average Bonchev–Trinajstić information content (AvgIpc) is 2.08. The number of rotatable bonds is 0. The van der Waals surface area contributed by atoms with Crippen molar-refractivity contribution < 1.29 is 14.6 Å². The maximum Gasteiger partial charge on any atom is 0.336 e. The Morgan fingerprint density at radius 1 is 1.13 bits per heavy atom. The maximum absolute atomic E-state index is 11.0. The molecule has 15 heavy (non-hydrogen) atoms.